The molecule has 0 aromatic carbocycles. The Balaban J connectivity index is 1.91. The van der Waals surface area contributed by atoms with Gasteiger partial charge in [-0.1, -0.05) is 0 Å². The van der Waals surface area contributed by atoms with Gasteiger partial charge >= 0.3 is 6.55 Å². The van der Waals surface area contributed by atoms with Crippen LogP contribution in [-0.4, -0.2) is 40.9 Å². The maximum absolute atomic E-state index is 12.4. The van der Waals surface area contributed by atoms with E-state index in [0.717, 1.165) is 19.5 Å². The molecular formula is C11H18F2N4. The Hall–Kier alpha value is -1.01. The first-order valence-electron chi connectivity index (χ1n) is 5.91. The normalized spacial score (nSPS) is 22.2. The van der Waals surface area contributed by atoms with Gasteiger partial charge in [-0.25, -0.2) is 4.68 Å². The molecule has 1 aliphatic rings. The van der Waals surface area contributed by atoms with Crippen molar-refractivity contribution in [2.45, 2.75) is 32.0 Å². The van der Waals surface area contributed by atoms with Crippen LogP contribution in [0.5, 0.6) is 0 Å². The highest BCUT2D eigenvalue weighted by molar-refractivity contribution is 4.99. The van der Waals surface area contributed by atoms with Crippen molar-refractivity contribution < 1.29 is 8.78 Å². The maximum atomic E-state index is 12.4. The molecule has 1 aromatic rings. The van der Waals surface area contributed by atoms with E-state index in [-0.39, 0.29) is 0 Å². The summed E-state index contributed by atoms with van der Waals surface area (Å²) in [7, 11) is 1.96. The van der Waals surface area contributed by atoms with E-state index in [1.807, 2.05) is 7.05 Å². The highest BCUT2D eigenvalue weighted by Gasteiger charge is 2.19. The number of halogens is 2. The highest BCUT2D eigenvalue weighted by Crippen LogP contribution is 2.14. The molecule has 1 unspecified atom stereocenters. The highest BCUT2D eigenvalue weighted by atomic mass is 19.3. The lowest BCUT2D eigenvalue weighted by Crippen LogP contribution is -2.43. The van der Waals surface area contributed by atoms with Gasteiger partial charge in [0, 0.05) is 25.3 Å². The van der Waals surface area contributed by atoms with Crippen molar-refractivity contribution in [2.75, 3.05) is 20.1 Å². The average molecular weight is 244 g/mol. The molecule has 1 aliphatic heterocycles. The minimum atomic E-state index is -2.55. The predicted molar refractivity (Wildman–Crippen MR) is 60.8 cm³/mol. The van der Waals surface area contributed by atoms with Crippen LogP contribution < -0.4 is 5.32 Å². The number of nitrogens with zero attached hydrogens (tertiary/aromatic N) is 3. The van der Waals surface area contributed by atoms with Crippen LogP contribution in [0.4, 0.5) is 8.78 Å². The van der Waals surface area contributed by atoms with Crippen molar-refractivity contribution in [1.29, 1.82) is 0 Å². The molecule has 0 bridgehead atoms. The summed E-state index contributed by atoms with van der Waals surface area (Å²) in [5, 5.41) is 7.12. The minimum Gasteiger partial charge on any atom is -0.316 e. The third-order valence-corrected chi connectivity index (χ3v) is 3.16. The molecule has 1 aromatic heterocycles. The van der Waals surface area contributed by atoms with E-state index in [4.69, 9.17) is 0 Å². The van der Waals surface area contributed by atoms with Crippen LogP contribution in [0.25, 0.3) is 0 Å². The molecule has 2 rings (SSSR count). The first-order valence-corrected chi connectivity index (χ1v) is 5.91. The number of nitrogens with one attached hydrogen (secondary N) is 1. The van der Waals surface area contributed by atoms with Crippen LogP contribution in [0.15, 0.2) is 12.3 Å². The van der Waals surface area contributed by atoms with Crippen LogP contribution in [0, 0.1) is 0 Å². The zero-order chi connectivity index (χ0) is 12.3. The first-order chi connectivity index (χ1) is 8.19. The third kappa shape index (κ3) is 3.23. The van der Waals surface area contributed by atoms with Crippen molar-refractivity contribution >= 4 is 0 Å². The number of likely N-dealkylation sites (tertiary alicyclic amines) is 1. The molecule has 1 fully saturated rings. The lowest BCUT2D eigenvalue weighted by atomic mass is 10.1. The van der Waals surface area contributed by atoms with E-state index in [0.29, 0.717) is 23.0 Å². The van der Waals surface area contributed by atoms with Crippen molar-refractivity contribution in [3.05, 3.63) is 18.0 Å². The van der Waals surface area contributed by atoms with Crippen LogP contribution in [0.3, 0.4) is 0 Å². The van der Waals surface area contributed by atoms with E-state index in [1.165, 1.54) is 12.6 Å². The van der Waals surface area contributed by atoms with Crippen molar-refractivity contribution in [2.24, 2.45) is 0 Å². The number of aromatic nitrogens is 2. The molecule has 0 spiro atoms. The Morgan fingerprint density at radius 2 is 2.41 bits per heavy atom. The topological polar surface area (TPSA) is 33.1 Å². The second kappa shape index (κ2) is 5.55. The van der Waals surface area contributed by atoms with E-state index in [9.17, 15) is 8.78 Å². The molecule has 1 saturated heterocycles. The second-order valence-corrected chi connectivity index (χ2v) is 4.43. The fourth-order valence-electron chi connectivity index (χ4n) is 2.23. The number of hydrogen-bond acceptors (Lipinski definition) is 3. The SMILES string of the molecule is CNC1CCCN(Cc2ccn(C(F)F)n2)C1. The van der Waals surface area contributed by atoms with E-state index >= 15 is 0 Å². The quantitative estimate of drug-likeness (QED) is 0.870. The molecule has 2 heterocycles. The minimum absolute atomic E-state index is 0.501. The second-order valence-electron chi connectivity index (χ2n) is 4.43. The Morgan fingerprint density at radius 1 is 1.59 bits per heavy atom. The lowest BCUT2D eigenvalue weighted by Gasteiger charge is -2.31. The predicted octanol–water partition coefficient (Wildman–Crippen LogP) is 1.46. The number of likely N-dealkylation sites (N-methyl/N-ethyl adjacent to an activating group) is 1. The molecule has 0 radical (unpaired) electrons. The van der Waals surface area contributed by atoms with E-state index < -0.39 is 6.55 Å². The molecule has 0 amide bonds. The smallest absolute Gasteiger partial charge is 0.316 e. The van der Waals surface area contributed by atoms with Gasteiger partial charge < -0.3 is 5.32 Å². The fraction of sp³-hybridized carbons (Fsp3) is 0.727. The molecule has 96 valence electrons. The molecule has 1 atom stereocenters. The molecule has 4 nitrogen and oxygen atoms in total. The van der Waals surface area contributed by atoms with Crippen LogP contribution >= 0.6 is 0 Å². The molecule has 6 heteroatoms. The van der Waals surface area contributed by atoms with Gasteiger partial charge in [0.15, 0.2) is 0 Å². The number of rotatable bonds is 4. The van der Waals surface area contributed by atoms with Gasteiger partial charge in [0.25, 0.3) is 0 Å². The lowest BCUT2D eigenvalue weighted by molar-refractivity contribution is 0.0556. The summed E-state index contributed by atoms with van der Waals surface area (Å²) in [5.41, 5.74) is 0.710. The number of hydrogen-bond donors (Lipinski definition) is 1. The Labute approximate surface area is 99.6 Å². The molecular weight excluding hydrogens is 226 g/mol. The van der Waals surface area contributed by atoms with Crippen LogP contribution in [0.2, 0.25) is 0 Å². The summed E-state index contributed by atoms with van der Waals surface area (Å²) in [5.74, 6) is 0. The summed E-state index contributed by atoms with van der Waals surface area (Å²) >= 11 is 0. The largest absolute Gasteiger partial charge is 0.333 e. The standard InChI is InChI=1S/C11H18F2N4/c1-14-9-3-2-5-16(7-9)8-10-4-6-17(15-10)11(12)13/h4,6,9,11,14H,2-3,5,7-8H2,1H3. The summed E-state index contributed by atoms with van der Waals surface area (Å²) in [6.45, 7) is 0.0745. The fourth-order valence-corrected chi connectivity index (χ4v) is 2.23. The zero-order valence-corrected chi connectivity index (χ0v) is 9.94. The van der Waals surface area contributed by atoms with Crippen LogP contribution in [-0.2, 0) is 6.54 Å². The van der Waals surface area contributed by atoms with Gasteiger partial charge in [-0.05, 0) is 32.5 Å². The molecule has 0 aliphatic carbocycles. The Bertz CT molecular complexity index is 353. The van der Waals surface area contributed by atoms with Crippen LogP contribution in [0.1, 0.15) is 25.1 Å². The van der Waals surface area contributed by atoms with Gasteiger partial charge in [-0.2, -0.15) is 13.9 Å². The summed E-state index contributed by atoms with van der Waals surface area (Å²) in [6, 6.07) is 2.16. The monoisotopic (exact) mass is 244 g/mol. The zero-order valence-electron chi connectivity index (χ0n) is 9.94. The molecule has 1 N–H and O–H groups in total. The van der Waals surface area contributed by atoms with Gasteiger partial charge in [0.1, 0.15) is 0 Å². The third-order valence-electron chi connectivity index (χ3n) is 3.16. The Morgan fingerprint density at radius 3 is 3.06 bits per heavy atom. The van der Waals surface area contributed by atoms with Gasteiger partial charge in [-0.3, -0.25) is 4.90 Å². The molecule has 17 heavy (non-hydrogen) atoms. The van der Waals surface area contributed by atoms with Gasteiger partial charge in [0.2, 0.25) is 0 Å². The maximum Gasteiger partial charge on any atom is 0.333 e. The Kier molecular flexibility index (Phi) is 4.06. The van der Waals surface area contributed by atoms with Crippen molar-refractivity contribution in [3.63, 3.8) is 0 Å². The van der Waals surface area contributed by atoms with E-state index in [2.05, 4.69) is 15.3 Å². The number of piperidine rings is 1. The first kappa shape index (κ1) is 12.4. The van der Waals surface area contributed by atoms with Crippen molar-refractivity contribution in [1.82, 2.24) is 20.0 Å². The number of alkyl halides is 2. The summed E-state index contributed by atoms with van der Waals surface area (Å²) < 4.78 is 25.4. The van der Waals surface area contributed by atoms with Gasteiger partial charge in [-0.15, -0.1) is 0 Å². The summed E-state index contributed by atoms with van der Waals surface area (Å²) in [4.78, 5) is 2.25. The summed E-state index contributed by atoms with van der Waals surface area (Å²) in [6.07, 6.45) is 3.65. The van der Waals surface area contributed by atoms with E-state index in [1.54, 1.807) is 6.07 Å². The van der Waals surface area contributed by atoms with Crippen molar-refractivity contribution in [3.8, 4) is 0 Å². The van der Waals surface area contributed by atoms with Gasteiger partial charge in [0.05, 0.1) is 5.69 Å². The average Bonchev–Trinajstić information content (AvgIpc) is 2.78. The molecule has 0 saturated carbocycles.